The van der Waals surface area contributed by atoms with Crippen LogP contribution >= 0.6 is 15.9 Å². The highest BCUT2D eigenvalue weighted by Crippen LogP contribution is 2.81. The third kappa shape index (κ3) is 4.26. The number of rotatable bonds is 4. The van der Waals surface area contributed by atoms with Gasteiger partial charge in [-0.3, -0.25) is 9.59 Å². The number of epoxide rings is 2. The van der Waals surface area contributed by atoms with Gasteiger partial charge in [0.2, 0.25) is 5.79 Å². The second-order valence-electron chi connectivity index (χ2n) is 17.9. The molecule has 1 aromatic carbocycles. The molecule has 20 atom stereocenters. The lowest BCUT2D eigenvalue weighted by Crippen LogP contribution is -2.72. The molecule has 0 aromatic heterocycles. The Morgan fingerprint density at radius 3 is 2.15 bits per heavy atom. The van der Waals surface area contributed by atoms with Crippen molar-refractivity contribution in [3.63, 3.8) is 0 Å². The fraction of sp³-hybridized carbons (Fsp3) is 0.744. The minimum Gasteiger partial charge on any atom is -0.458 e. The van der Waals surface area contributed by atoms with Crippen LogP contribution in [-0.2, 0) is 42.8 Å². The number of ether oxygens (including phenoxy) is 6. The Labute approximate surface area is 315 Å². The summed E-state index contributed by atoms with van der Waals surface area (Å²) in [5.41, 5.74) is -5.56. The topological polar surface area (TPSA) is 191 Å². The molecule has 0 amide bonds. The number of aliphatic hydroxyl groups excluding tert-OH is 2. The van der Waals surface area contributed by atoms with Crippen molar-refractivity contribution in [3.05, 3.63) is 34.3 Å². The lowest BCUT2D eigenvalue weighted by Gasteiger charge is -2.65. The third-order valence-corrected chi connectivity index (χ3v) is 16.4. The monoisotopic (exact) mass is 802 g/mol. The van der Waals surface area contributed by atoms with Crippen molar-refractivity contribution in [3.8, 4) is 0 Å². The van der Waals surface area contributed by atoms with Gasteiger partial charge in [-0.2, -0.15) is 0 Å². The van der Waals surface area contributed by atoms with Gasteiger partial charge in [0.25, 0.3) is 0 Å². The van der Waals surface area contributed by atoms with Gasteiger partial charge in [0, 0.05) is 46.9 Å². The minimum atomic E-state index is -2.11. The van der Waals surface area contributed by atoms with E-state index in [0.717, 1.165) is 4.47 Å². The summed E-state index contributed by atoms with van der Waals surface area (Å²) in [6.45, 7) is 11.5. The van der Waals surface area contributed by atoms with Crippen molar-refractivity contribution in [2.75, 3.05) is 0 Å². The summed E-state index contributed by atoms with van der Waals surface area (Å²) < 4.78 is 38.3. The van der Waals surface area contributed by atoms with Crippen LogP contribution in [0.1, 0.15) is 71.7 Å². The normalized spacial score (nSPS) is 55.0. The highest BCUT2D eigenvalue weighted by Gasteiger charge is 2.93. The maximum absolute atomic E-state index is 14.4. The van der Waals surface area contributed by atoms with E-state index in [9.17, 15) is 34.5 Å². The van der Waals surface area contributed by atoms with Crippen molar-refractivity contribution in [2.45, 2.75) is 122 Å². The number of carbonyl (C=O) groups is 4. The molecular formula is C39H47BrO13. The molecule has 13 nitrogen and oxygen atoms in total. The highest BCUT2D eigenvalue weighted by atomic mass is 79.9. The number of hydrogen-bond donors (Lipinski definition) is 3. The number of fused-ring (bicyclic) bond motifs is 9. The van der Waals surface area contributed by atoms with Gasteiger partial charge in [-0.15, -0.1) is 0 Å². The zero-order chi connectivity index (χ0) is 38.1. The van der Waals surface area contributed by atoms with E-state index >= 15 is 0 Å². The molecule has 3 saturated heterocycles. The molecule has 288 valence electrons. The van der Waals surface area contributed by atoms with Crippen molar-refractivity contribution < 1.29 is 62.9 Å². The van der Waals surface area contributed by atoms with Crippen molar-refractivity contribution in [1.82, 2.24) is 0 Å². The number of halogens is 1. The van der Waals surface area contributed by atoms with Gasteiger partial charge in [-0.05, 0) is 74.6 Å². The summed E-state index contributed by atoms with van der Waals surface area (Å²) in [6.07, 6.45) is -5.81. The van der Waals surface area contributed by atoms with E-state index in [1.807, 2.05) is 20.8 Å². The average Bonchev–Trinajstić information content (AvgIpc) is 3.98. The second-order valence-corrected chi connectivity index (χ2v) is 18.9. The van der Waals surface area contributed by atoms with Crippen LogP contribution in [0.3, 0.4) is 0 Å². The molecule has 2 unspecified atom stereocenters. The fourth-order valence-corrected chi connectivity index (χ4v) is 13.9. The first-order valence-electron chi connectivity index (χ1n) is 18.7. The summed E-state index contributed by atoms with van der Waals surface area (Å²) in [6, 6.07) is 6.68. The van der Waals surface area contributed by atoms with Crippen LogP contribution in [0.5, 0.6) is 0 Å². The Hall–Kier alpha value is -2.62. The molecule has 53 heavy (non-hydrogen) atoms. The summed E-state index contributed by atoms with van der Waals surface area (Å²) in [4.78, 5) is 54.4. The summed E-state index contributed by atoms with van der Waals surface area (Å²) in [5, 5.41) is 36.9. The molecule has 1 spiro atoms. The first kappa shape index (κ1) is 36.0. The SMILES string of the molecule is CC(=O)O[C@H]1C2C([C@@H]3[C@@H](OC(=O)c4ccc(Br)cc4)[C@@H]4[C@H]([C@H](C)[C@H]5O[C@]56OC(=O)[C@@](C)(O)[C@]46C)[C@@]3(C)[C@H]1OC(C)=O)[C@@H](O)C[C@H]1C[C@@H]3O[C@@H]3[C@H](O)[C@]21C. The molecule has 0 bridgehead atoms. The number of hydrogen-bond acceptors (Lipinski definition) is 13. The molecular weight excluding hydrogens is 756 g/mol. The van der Waals surface area contributed by atoms with Crippen molar-refractivity contribution >= 4 is 39.8 Å². The first-order valence-corrected chi connectivity index (χ1v) is 19.5. The van der Waals surface area contributed by atoms with E-state index in [0.29, 0.717) is 12.8 Å². The van der Waals surface area contributed by atoms with Gasteiger partial charge in [-0.1, -0.05) is 36.7 Å². The number of benzene rings is 1. The molecule has 5 aliphatic carbocycles. The molecule has 0 radical (unpaired) electrons. The van der Waals surface area contributed by atoms with Gasteiger partial charge in [-0.25, -0.2) is 9.59 Å². The Bertz CT molecular complexity index is 1800. The Morgan fingerprint density at radius 2 is 1.51 bits per heavy atom. The van der Waals surface area contributed by atoms with Gasteiger partial charge in [0.1, 0.15) is 30.5 Å². The van der Waals surface area contributed by atoms with Gasteiger partial charge >= 0.3 is 23.9 Å². The van der Waals surface area contributed by atoms with Crippen LogP contribution < -0.4 is 0 Å². The number of esters is 4. The van der Waals surface area contributed by atoms with E-state index in [4.69, 9.17) is 28.4 Å². The largest absolute Gasteiger partial charge is 0.458 e. The molecule has 14 heteroatoms. The van der Waals surface area contributed by atoms with Crippen molar-refractivity contribution in [2.24, 2.45) is 57.7 Å². The van der Waals surface area contributed by atoms with E-state index in [1.54, 1.807) is 31.2 Å². The Balaban J connectivity index is 1.30. The van der Waals surface area contributed by atoms with Gasteiger partial charge < -0.3 is 43.7 Å². The number of carbonyl (C=O) groups excluding carboxylic acids is 4. The lowest BCUT2D eigenvalue weighted by molar-refractivity contribution is -0.280. The standard InChI is InChI=1S/C39H47BrO13/c1-14-23-26(37(6)38(7,47)34(46)53-39(37)31(14)52-39)28(51-33(45)17-8-10-19(40)11-9-17)24-22-20(43)12-18-13-21-27(50-21)30(44)35(18,4)25(22)29(48-15(2)41)32(36(23,24)5)49-16(3)42/h8-11,14,18,20-32,43-44,47H,12-13H2,1-7H3/t14-,18-,20-,21-,22?,23-,24+,25?,26-,27-,28+,29-,30-,31+,32-,35-,36+,37-,38+,39-/m0/s1. The van der Waals surface area contributed by atoms with Crippen LogP contribution in [0.15, 0.2) is 28.7 Å². The molecule has 8 fully saturated rings. The molecule has 3 aliphatic heterocycles. The van der Waals surface area contributed by atoms with Crippen LogP contribution in [0.25, 0.3) is 0 Å². The molecule has 1 aromatic rings. The molecule has 5 saturated carbocycles. The maximum atomic E-state index is 14.4. The van der Waals surface area contributed by atoms with E-state index in [-0.39, 0.29) is 17.6 Å². The zero-order valence-electron chi connectivity index (χ0n) is 30.7. The summed E-state index contributed by atoms with van der Waals surface area (Å²) >= 11 is 3.42. The minimum absolute atomic E-state index is 0.156. The second kappa shape index (κ2) is 11.0. The van der Waals surface area contributed by atoms with E-state index in [2.05, 4.69) is 15.9 Å². The lowest BCUT2D eigenvalue weighted by atomic mass is 9.41. The predicted molar refractivity (Wildman–Crippen MR) is 183 cm³/mol. The van der Waals surface area contributed by atoms with Crippen LogP contribution in [-0.4, -0.2) is 99.4 Å². The smallest absolute Gasteiger partial charge is 0.341 e. The van der Waals surface area contributed by atoms with E-state index in [1.165, 1.54) is 20.8 Å². The van der Waals surface area contributed by atoms with Crippen LogP contribution in [0, 0.1) is 57.7 Å². The Kier molecular flexibility index (Phi) is 7.50. The third-order valence-electron chi connectivity index (χ3n) is 15.9. The quantitative estimate of drug-likeness (QED) is 0.229. The average molecular weight is 804 g/mol. The summed E-state index contributed by atoms with van der Waals surface area (Å²) in [7, 11) is 0. The van der Waals surface area contributed by atoms with Crippen LogP contribution in [0.4, 0.5) is 0 Å². The fourth-order valence-electron chi connectivity index (χ4n) is 13.6. The molecule has 8 aliphatic rings. The highest BCUT2D eigenvalue weighted by molar-refractivity contribution is 9.10. The van der Waals surface area contributed by atoms with Crippen molar-refractivity contribution in [1.29, 1.82) is 0 Å². The predicted octanol–water partition coefficient (Wildman–Crippen LogP) is 2.93. The molecule has 3 heterocycles. The molecule has 3 N–H and O–H groups in total. The van der Waals surface area contributed by atoms with Crippen LogP contribution in [0.2, 0.25) is 0 Å². The zero-order valence-corrected chi connectivity index (χ0v) is 32.3. The number of aliphatic hydroxyl groups is 3. The van der Waals surface area contributed by atoms with Gasteiger partial charge in [0.05, 0.1) is 29.3 Å². The molecule has 9 rings (SSSR count). The van der Waals surface area contributed by atoms with Gasteiger partial charge in [0.15, 0.2) is 5.60 Å². The summed E-state index contributed by atoms with van der Waals surface area (Å²) in [5.74, 6) is -8.79. The first-order chi connectivity index (χ1) is 24.8. The maximum Gasteiger partial charge on any atom is 0.341 e. The van der Waals surface area contributed by atoms with E-state index < -0.39 is 130 Å². The Morgan fingerprint density at radius 1 is 0.868 bits per heavy atom.